The quantitative estimate of drug-likeness (QED) is 0.705. The van der Waals surface area contributed by atoms with Crippen LogP contribution in [-0.2, 0) is 5.41 Å². The average molecular weight is 398 g/mol. The normalized spacial score (nSPS) is 18.7. The molecule has 0 saturated carbocycles. The fourth-order valence-electron chi connectivity index (χ4n) is 2.58. The number of alkyl halides is 3. The molecule has 1 aliphatic rings. The molecule has 5 nitrogen and oxygen atoms in total. The van der Waals surface area contributed by atoms with Crippen LogP contribution >= 0.6 is 0 Å². The van der Waals surface area contributed by atoms with Crippen LogP contribution in [0, 0.1) is 5.82 Å². The summed E-state index contributed by atoms with van der Waals surface area (Å²) in [6.45, 7) is 5.69. The first kappa shape index (κ1) is 19.8. The van der Waals surface area contributed by atoms with Crippen molar-refractivity contribution in [1.82, 2.24) is 5.32 Å². The average Bonchev–Trinajstić information content (AvgIpc) is 2.91. The lowest BCUT2D eigenvalue weighted by Crippen LogP contribution is -2.65. The first-order valence-electron chi connectivity index (χ1n) is 8.34. The summed E-state index contributed by atoms with van der Waals surface area (Å²) in [4.78, 5) is 12.1. The van der Waals surface area contributed by atoms with Crippen molar-refractivity contribution in [3.8, 4) is 11.5 Å². The van der Waals surface area contributed by atoms with E-state index in [2.05, 4.69) is 5.32 Å². The second kappa shape index (κ2) is 6.57. The molecule has 3 rings (SSSR count). The molecule has 28 heavy (non-hydrogen) atoms. The standard InChI is InChI=1S/C19H18F4N2O3/c1-17(2,3)11-7-8-14-15(9-11)28-19(27-14,18(21,22)23)25-16(26)24-13-6-4-5-12(20)10-13/h4-10H,1-3H3,(H2,24,25,26). The molecule has 2 aromatic rings. The molecular formula is C19H18F4N2O3. The van der Waals surface area contributed by atoms with Crippen molar-refractivity contribution in [2.75, 3.05) is 5.32 Å². The monoisotopic (exact) mass is 398 g/mol. The number of halogens is 4. The second-order valence-electron chi connectivity index (χ2n) is 7.32. The van der Waals surface area contributed by atoms with Crippen LogP contribution in [0.1, 0.15) is 26.3 Å². The molecule has 9 heteroatoms. The van der Waals surface area contributed by atoms with Crippen LogP contribution in [-0.4, -0.2) is 18.1 Å². The smallest absolute Gasteiger partial charge is 0.424 e. The Morgan fingerprint density at radius 2 is 1.68 bits per heavy atom. The van der Waals surface area contributed by atoms with Gasteiger partial charge in [0.1, 0.15) is 5.82 Å². The summed E-state index contributed by atoms with van der Waals surface area (Å²) in [6, 6.07) is 7.87. The number of hydrogen-bond acceptors (Lipinski definition) is 3. The molecule has 0 fully saturated rings. The number of anilines is 1. The van der Waals surface area contributed by atoms with E-state index in [9.17, 15) is 22.4 Å². The van der Waals surface area contributed by atoms with Gasteiger partial charge in [0.2, 0.25) is 0 Å². The van der Waals surface area contributed by atoms with Crippen LogP contribution in [0.25, 0.3) is 0 Å². The maximum atomic E-state index is 13.7. The Morgan fingerprint density at radius 1 is 1.00 bits per heavy atom. The highest BCUT2D eigenvalue weighted by atomic mass is 19.4. The summed E-state index contributed by atoms with van der Waals surface area (Å²) < 4.78 is 64.4. The Morgan fingerprint density at radius 3 is 2.29 bits per heavy atom. The molecule has 1 aliphatic heterocycles. The third-order valence-corrected chi connectivity index (χ3v) is 4.05. The number of amides is 2. The summed E-state index contributed by atoms with van der Waals surface area (Å²) in [5.74, 6) is -4.35. The van der Waals surface area contributed by atoms with Gasteiger partial charge in [-0.25, -0.2) is 9.18 Å². The molecule has 0 aromatic heterocycles. The third-order valence-electron chi connectivity index (χ3n) is 4.05. The van der Waals surface area contributed by atoms with Crippen LogP contribution < -0.4 is 20.1 Å². The zero-order valence-electron chi connectivity index (χ0n) is 15.3. The van der Waals surface area contributed by atoms with Crippen molar-refractivity contribution in [1.29, 1.82) is 0 Å². The molecule has 2 aromatic carbocycles. The van der Waals surface area contributed by atoms with Crippen LogP contribution in [0.2, 0.25) is 0 Å². The maximum absolute atomic E-state index is 13.7. The fourth-order valence-corrected chi connectivity index (χ4v) is 2.58. The summed E-state index contributed by atoms with van der Waals surface area (Å²) in [7, 11) is 0. The van der Waals surface area contributed by atoms with Crippen molar-refractivity contribution in [3.63, 3.8) is 0 Å². The molecular weight excluding hydrogens is 380 g/mol. The summed E-state index contributed by atoms with van der Waals surface area (Å²) in [5.41, 5.74) is 0.377. The first-order chi connectivity index (χ1) is 12.9. The van der Waals surface area contributed by atoms with Crippen molar-refractivity contribution < 1.29 is 31.8 Å². The van der Waals surface area contributed by atoms with E-state index in [0.29, 0.717) is 0 Å². The van der Waals surface area contributed by atoms with Gasteiger partial charge in [-0.3, -0.25) is 5.32 Å². The largest absolute Gasteiger partial charge is 0.492 e. The van der Waals surface area contributed by atoms with Crippen molar-refractivity contribution >= 4 is 11.7 Å². The highest BCUT2D eigenvalue weighted by Gasteiger charge is 2.65. The van der Waals surface area contributed by atoms with E-state index in [1.54, 1.807) is 11.4 Å². The summed E-state index contributed by atoms with van der Waals surface area (Å²) >= 11 is 0. The molecule has 2 N–H and O–H groups in total. The molecule has 0 bridgehead atoms. The van der Waals surface area contributed by atoms with E-state index >= 15 is 0 Å². The Labute approximate surface area is 158 Å². The Hall–Kier alpha value is -2.97. The molecule has 1 heterocycles. The van der Waals surface area contributed by atoms with Crippen molar-refractivity contribution in [3.05, 3.63) is 53.8 Å². The molecule has 0 aliphatic carbocycles. The Balaban J connectivity index is 1.85. The van der Waals surface area contributed by atoms with E-state index in [0.717, 1.165) is 17.7 Å². The van der Waals surface area contributed by atoms with Gasteiger partial charge in [0, 0.05) is 5.69 Å². The van der Waals surface area contributed by atoms with Gasteiger partial charge in [0.25, 0.3) is 0 Å². The third kappa shape index (κ3) is 3.83. The van der Waals surface area contributed by atoms with Gasteiger partial charge in [0.05, 0.1) is 0 Å². The first-order valence-corrected chi connectivity index (χ1v) is 8.34. The molecule has 150 valence electrons. The number of rotatable bonds is 2. The van der Waals surface area contributed by atoms with E-state index in [4.69, 9.17) is 9.47 Å². The van der Waals surface area contributed by atoms with Gasteiger partial charge < -0.3 is 14.8 Å². The van der Waals surface area contributed by atoms with Crippen LogP contribution in [0.3, 0.4) is 0 Å². The van der Waals surface area contributed by atoms with Gasteiger partial charge >= 0.3 is 18.1 Å². The minimum absolute atomic E-state index is 0.0274. The lowest BCUT2D eigenvalue weighted by molar-refractivity contribution is -0.317. The van der Waals surface area contributed by atoms with Crippen LogP contribution in [0.4, 0.5) is 28.0 Å². The van der Waals surface area contributed by atoms with E-state index in [-0.39, 0.29) is 22.6 Å². The van der Waals surface area contributed by atoms with E-state index < -0.39 is 23.9 Å². The molecule has 0 saturated heterocycles. The molecule has 0 radical (unpaired) electrons. The SMILES string of the molecule is CC(C)(C)c1ccc2c(c1)OC(NC(=O)Nc1cccc(F)c1)(C(F)(F)F)O2. The number of fused-ring (bicyclic) bond motifs is 1. The zero-order chi connectivity index (χ0) is 20.7. The number of hydrogen-bond donors (Lipinski definition) is 2. The Kier molecular flexibility index (Phi) is 4.64. The minimum Gasteiger partial charge on any atom is -0.424 e. The lowest BCUT2D eigenvalue weighted by Gasteiger charge is -2.29. The number of ether oxygens (including phenoxy) is 2. The van der Waals surface area contributed by atoms with Crippen LogP contribution in [0.15, 0.2) is 42.5 Å². The Bertz CT molecular complexity index is 909. The molecule has 1 unspecified atom stereocenters. The minimum atomic E-state index is -5.09. The number of benzene rings is 2. The van der Waals surface area contributed by atoms with Gasteiger partial charge in [-0.05, 0) is 41.3 Å². The predicted molar refractivity (Wildman–Crippen MR) is 93.7 cm³/mol. The zero-order valence-corrected chi connectivity index (χ0v) is 15.3. The van der Waals surface area contributed by atoms with Gasteiger partial charge in [0.15, 0.2) is 11.5 Å². The topological polar surface area (TPSA) is 59.6 Å². The second-order valence-corrected chi connectivity index (χ2v) is 7.32. The number of carbonyl (C=O) groups excluding carboxylic acids is 1. The van der Waals surface area contributed by atoms with Crippen LogP contribution in [0.5, 0.6) is 11.5 Å². The number of urea groups is 1. The van der Waals surface area contributed by atoms with Gasteiger partial charge in [-0.2, -0.15) is 13.2 Å². The van der Waals surface area contributed by atoms with Gasteiger partial charge in [-0.1, -0.05) is 32.9 Å². The number of nitrogens with one attached hydrogen (secondary N) is 2. The highest BCUT2D eigenvalue weighted by molar-refractivity contribution is 5.89. The van der Waals surface area contributed by atoms with Crippen molar-refractivity contribution in [2.45, 2.75) is 38.3 Å². The molecule has 0 spiro atoms. The van der Waals surface area contributed by atoms with Gasteiger partial charge in [-0.15, -0.1) is 0 Å². The highest BCUT2D eigenvalue weighted by Crippen LogP contribution is 2.46. The molecule has 2 amide bonds. The number of carbonyl (C=O) groups is 1. The summed E-state index contributed by atoms with van der Waals surface area (Å²) in [5, 5.41) is 3.78. The summed E-state index contributed by atoms with van der Waals surface area (Å²) in [6.07, 6.45) is -5.09. The predicted octanol–water partition coefficient (Wildman–Crippen LogP) is 4.93. The van der Waals surface area contributed by atoms with E-state index in [1.165, 1.54) is 24.3 Å². The van der Waals surface area contributed by atoms with E-state index in [1.807, 2.05) is 20.8 Å². The fraction of sp³-hybridized carbons (Fsp3) is 0.316. The molecule has 1 atom stereocenters. The lowest BCUT2D eigenvalue weighted by atomic mass is 9.87. The maximum Gasteiger partial charge on any atom is 0.492 e. The van der Waals surface area contributed by atoms with Crippen molar-refractivity contribution in [2.24, 2.45) is 0 Å².